The molecule has 16 heavy (non-hydrogen) atoms. The van der Waals surface area contributed by atoms with Crippen LogP contribution in [-0.2, 0) is 11.3 Å². The van der Waals surface area contributed by atoms with Crippen LogP contribution in [0.5, 0.6) is 0 Å². The normalized spacial score (nSPS) is 18.0. The Balaban J connectivity index is 1.98. The Labute approximate surface area is 95.7 Å². The van der Waals surface area contributed by atoms with E-state index < -0.39 is 0 Å². The van der Waals surface area contributed by atoms with Gasteiger partial charge in [-0.3, -0.25) is 9.78 Å². The monoisotopic (exact) mass is 219 g/mol. The van der Waals surface area contributed by atoms with Crippen LogP contribution in [0.3, 0.4) is 0 Å². The summed E-state index contributed by atoms with van der Waals surface area (Å²) < 4.78 is 0. The van der Waals surface area contributed by atoms with Crippen molar-refractivity contribution < 1.29 is 4.79 Å². The summed E-state index contributed by atoms with van der Waals surface area (Å²) in [4.78, 5) is 17.7. The molecular weight excluding hydrogens is 202 g/mol. The van der Waals surface area contributed by atoms with Gasteiger partial charge in [-0.15, -0.1) is 0 Å². The zero-order chi connectivity index (χ0) is 11.2. The molecule has 1 aromatic rings. The van der Waals surface area contributed by atoms with E-state index in [0.717, 1.165) is 31.6 Å². The molecule has 86 valence electrons. The van der Waals surface area contributed by atoms with Gasteiger partial charge in [0.15, 0.2) is 0 Å². The van der Waals surface area contributed by atoms with Crippen molar-refractivity contribution in [2.24, 2.45) is 0 Å². The van der Waals surface area contributed by atoms with E-state index in [-0.39, 0.29) is 5.91 Å². The average molecular weight is 219 g/mol. The Morgan fingerprint density at radius 1 is 1.31 bits per heavy atom. The molecule has 0 spiro atoms. The average Bonchev–Trinajstić information content (AvgIpc) is 2.30. The summed E-state index contributed by atoms with van der Waals surface area (Å²) in [5, 5.41) is 3.32. The third kappa shape index (κ3) is 3.03. The highest BCUT2D eigenvalue weighted by molar-refractivity contribution is 5.76. The van der Waals surface area contributed by atoms with Crippen LogP contribution in [0.15, 0.2) is 24.5 Å². The van der Waals surface area contributed by atoms with Crippen molar-refractivity contribution in [2.75, 3.05) is 19.6 Å². The van der Waals surface area contributed by atoms with Gasteiger partial charge in [-0.1, -0.05) is 0 Å². The molecule has 1 fully saturated rings. The van der Waals surface area contributed by atoms with E-state index in [1.54, 1.807) is 12.4 Å². The first-order valence-corrected chi connectivity index (χ1v) is 5.73. The van der Waals surface area contributed by atoms with Crippen LogP contribution in [0.25, 0.3) is 0 Å². The first kappa shape index (κ1) is 11.1. The zero-order valence-electron chi connectivity index (χ0n) is 9.35. The number of hydrogen-bond acceptors (Lipinski definition) is 3. The van der Waals surface area contributed by atoms with Crippen LogP contribution >= 0.6 is 0 Å². The molecule has 1 aliphatic rings. The minimum atomic E-state index is 0.262. The van der Waals surface area contributed by atoms with E-state index in [2.05, 4.69) is 10.3 Å². The lowest BCUT2D eigenvalue weighted by Crippen LogP contribution is -2.39. The van der Waals surface area contributed by atoms with Crippen LogP contribution in [0.4, 0.5) is 0 Å². The highest BCUT2D eigenvalue weighted by Crippen LogP contribution is 2.07. The lowest BCUT2D eigenvalue weighted by Gasteiger charge is -2.25. The summed E-state index contributed by atoms with van der Waals surface area (Å²) >= 11 is 0. The van der Waals surface area contributed by atoms with Crippen molar-refractivity contribution in [1.29, 1.82) is 0 Å². The number of aromatic nitrogens is 1. The molecule has 0 atom stereocenters. The zero-order valence-corrected chi connectivity index (χ0v) is 9.35. The Kier molecular flexibility index (Phi) is 3.88. The molecule has 1 aromatic heterocycles. The number of amides is 1. The second kappa shape index (κ2) is 5.61. The molecule has 1 N–H and O–H groups in total. The first-order chi connectivity index (χ1) is 7.86. The van der Waals surface area contributed by atoms with Gasteiger partial charge in [-0.05, 0) is 30.7 Å². The number of nitrogens with one attached hydrogen (secondary N) is 1. The van der Waals surface area contributed by atoms with Crippen LogP contribution in [0, 0.1) is 0 Å². The van der Waals surface area contributed by atoms with Gasteiger partial charge in [0, 0.05) is 38.4 Å². The maximum Gasteiger partial charge on any atom is 0.222 e. The number of nitrogens with zero attached hydrogens (tertiary/aromatic N) is 2. The number of hydrogen-bond donors (Lipinski definition) is 1. The van der Waals surface area contributed by atoms with E-state index >= 15 is 0 Å². The van der Waals surface area contributed by atoms with Crippen molar-refractivity contribution in [3.63, 3.8) is 0 Å². The second-order valence-corrected chi connectivity index (χ2v) is 4.02. The van der Waals surface area contributed by atoms with E-state index in [1.165, 1.54) is 0 Å². The number of carbonyl (C=O) groups is 1. The minimum Gasteiger partial charge on any atom is -0.337 e. The van der Waals surface area contributed by atoms with E-state index in [1.807, 2.05) is 17.0 Å². The SMILES string of the molecule is O=C1CCCNCCN1Cc1ccncc1. The maximum atomic E-state index is 11.9. The summed E-state index contributed by atoms with van der Waals surface area (Å²) in [5.74, 6) is 0.262. The topological polar surface area (TPSA) is 45.2 Å². The van der Waals surface area contributed by atoms with Gasteiger partial charge < -0.3 is 10.2 Å². The highest BCUT2D eigenvalue weighted by atomic mass is 16.2. The number of carbonyl (C=O) groups excluding carboxylic acids is 1. The summed E-state index contributed by atoms with van der Waals surface area (Å²) in [7, 11) is 0. The Morgan fingerprint density at radius 3 is 2.94 bits per heavy atom. The van der Waals surface area contributed by atoms with Gasteiger partial charge >= 0.3 is 0 Å². The fraction of sp³-hybridized carbons (Fsp3) is 0.500. The molecule has 0 aliphatic carbocycles. The number of pyridine rings is 1. The number of rotatable bonds is 2. The third-order valence-electron chi connectivity index (χ3n) is 2.78. The molecular formula is C12H17N3O. The molecule has 0 aromatic carbocycles. The smallest absolute Gasteiger partial charge is 0.222 e. The van der Waals surface area contributed by atoms with E-state index in [0.29, 0.717) is 13.0 Å². The third-order valence-corrected chi connectivity index (χ3v) is 2.78. The Hall–Kier alpha value is -1.42. The molecule has 2 rings (SSSR count). The van der Waals surface area contributed by atoms with Crippen LogP contribution < -0.4 is 5.32 Å². The Morgan fingerprint density at radius 2 is 2.12 bits per heavy atom. The van der Waals surface area contributed by atoms with Gasteiger partial charge in [0.05, 0.1) is 0 Å². The molecule has 1 saturated heterocycles. The maximum absolute atomic E-state index is 11.9. The molecule has 0 radical (unpaired) electrons. The standard InChI is InChI=1S/C12H17N3O/c16-12-2-1-5-13-8-9-15(12)10-11-3-6-14-7-4-11/h3-4,6-7,13H,1-2,5,8-10H2. The van der Waals surface area contributed by atoms with Crippen molar-refractivity contribution in [3.8, 4) is 0 Å². The summed E-state index contributed by atoms with van der Waals surface area (Å²) in [6.07, 6.45) is 5.12. The second-order valence-electron chi connectivity index (χ2n) is 4.02. The molecule has 1 amide bonds. The van der Waals surface area contributed by atoms with Crippen LogP contribution in [0.2, 0.25) is 0 Å². The lowest BCUT2D eigenvalue weighted by molar-refractivity contribution is -0.132. The van der Waals surface area contributed by atoms with Crippen molar-refractivity contribution in [2.45, 2.75) is 19.4 Å². The quantitative estimate of drug-likeness (QED) is 0.800. The van der Waals surface area contributed by atoms with Crippen molar-refractivity contribution >= 4 is 5.91 Å². The molecule has 4 heteroatoms. The summed E-state index contributed by atoms with van der Waals surface area (Å²) in [5.41, 5.74) is 1.14. The molecule has 0 unspecified atom stereocenters. The van der Waals surface area contributed by atoms with Crippen molar-refractivity contribution in [1.82, 2.24) is 15.2 Å². The highest BCUT2D eigenvalue weighted by Gasteiger charge is 2.15. The molecule has 0 bridgehead atoms. The fourth-order valence-electron chi connectivity index (χ4n) is 1.86. The summed E-state index contributed by atoms with van der Waals surface area (Å²) in [6, 6.07) is 3.92. The predicted octanol–water partition coefficient (Wildman–Crippen LogP) is 0.794. The van der Waals surface area contributed by atoms with Crippen LogP contribution in [-0.4, -0.2) is 35.4 Å². The predicted molar refractivity (Wildman–Crippen MR) is 61.8 cm³/mol. The lowest BCUT2D eigenvalue weighted by atomic mass is 10.2. The molecule has 4 nitrogen and oxygen atoms in total. The summed E-state index contributed by atoms with van der Waals surface area (Å²) in [6.45, 7) is 3.33. The van der Waals surface area contributed by atoms with E-state index in [9.17, 15) is 4.79 Å². The van der Waals surface area contributed by atoms with Gasteiger partial charge in [0.1, 0.15) is 0 Å². The molecule has 2 heterocycles. The van der Waals surface area contributed by atoms with Gasteiger partial charge in [0.2, 0.25) is 5.91 Å². The minimum absolute atomic E-state index is 0.262. The van der Waals surface area contributed by atoms with Gasteiger partial charge in [-0.2, -0.15) is 0 Å². The fourth-order valence-corrected chi connectivity index (χ4v) is 1.86. The van der Waals surface area contributed by atoms with Crippen molar-refractivity contribution in [3.05, 3.63) is 30.1 Å². The van der Waals surface area contributed by atoms with E-state index in [4.69, 9.17) is 0 Å². The molecule has 1 aliphatic heterocycles. The largest absolute Gasteiger partial charge is 0.337 e. The van der Waals surface area contributed by atoms with Gasteiger partial charge in [-0.25, -0.2) is 0 Å². The Bertz CT molecular complexity index is 339. The van der Waals surface area contributed by atoms with Crippen LogP contribution in [0.1, 0.15) is 18.4 Å². The van der Waals surface area contributed by atoms with Gasteiger partial charge in [0.25, 0.3) is 0 Å². The molecule has 0 saturated carbocycles. The first-order valence-electron chi connectivity index (χ1n) is 5.73.